The Morgan fingerprint density at radius 2 is 1.38 bits per heavy atom. The first-order valence-corrected chi connectivity index (χ1v) is 13.8. The summed E-state index contributed by atoms with van der Waals surface area (Å²) in [4.78, 5) is 1.11. The quantitative estimate of drug-likeness (QED) is 0.318. The van der Waals surface area contributed by atoms with Crippen LogP contribution in [0.4, 0.5) is 0 Å². The van der Waals surface area contributed by atoms with Gasteiger partial charge in [-0.3, -0.25) is 0 Å². The van der Waals surface area contributed by atoms with Gasteiger partial charge < -0.3 is 21.7 Å². The molecule has 0 aliphatic rings. The molecular formula is C29H23BrNOPS. The number of nitriles is 1. The van der Waals surface area contributed by atoms with Crippen molar-refractivity contribution in [2.75, 3.05) is 13.8 Å². The standard InChI is InChI=1S/C29H23NOPS.BrH/c1-31-28-25-18-17-21(20-30)19-27(25)33-29(28)24-15-9-10-16-26(24)32(2,22-11-5-3-6-12-22)23-13-7-4-8-14-23;/h3-19H,1-2H3;1H/q+1;/p-1. The van der Waals surface area contributed by atoms with E-state index in [2.05, 4.69) is 97.7 Å². The minimum Gasteiger partial charge on any atom is -1.00 e. The number of thiophene rings is 1. The maximum Gasteiger partial charge on any atom is 0.145 e. The number of methoxy groups -OCH3 is 1. The van der Waals surface area contributed by atoms with Crippen molar-refractivity contribution >= 4 is 44.6 Å². The normalized spacial score (nSPS) is 11.0. The molecule has 1 heterocycles. The predicted octanol–water partition coefficient (Wildman–Crippen LogP) is 3.38. The Hall–Kier alpha value is -2.96. The number of hydrogen-bond donors (Lipinski definition) is 0. The Morgan fingerprint density at radius 3 is 1.97 bits per heavy atom. The van der Waals surface area contributed by atoms with E-state index in [1.165, 1.54) is 21.5 Å². The van der Waals surface area contributed by atoms with Gasteiger partial charge in [-0.15, -0.1) is 11.3 Å². The van der Waals surface area contributed by atoms with E-state index < -0.39 is 7.26 Å². The van der Waals surface area contributed by atoms with Crippen LogP contribution in [0.3, 0.4) is 0 Å². The van der Waals surface area contributed by atoms with Gasteiger partial charge in [0.25, 0.3) is 0 Å². The second kappa shape index (κ2) is 10.1. The van der Waals surface area contributed by atoms with Crippen LogP contribution in [-0.2, 0) is 0 Å². The number of ether oxygens (including phenoxy) is 1. The van der Waals surface area contributed by atoms with Crippen molar-refractivity contribution < 1.29 is 21.7 Å². The van der Waals surface area contributed by atoms with Crippen LogP contribution in [0.25, 0.3) is 20.5 Å². The molecule has 0 N–H and O–H groups in total. The lowest BCUT2D eigenvalue weighted by atomic mass is 10.1. The van der Waals surface area contributed by atoms with Crippen LogP contribution in [0, 0.1) is 11.3 Å². The van der Waals surface area contributed by atoms with E-state index in [1.54, 1.807) is 18.4 Å². The molecule has 0 atom stereocenters. The molecule has 168 valence electrons. The molecule has 0 saturated carbocycles. The van der Waals surface area contributed by atoms with Gasteiger partial charge in [0.05, 0.1) is 30.3 Å². The van der Waals surface area contributed by atoms with Crippen molar-refractivity contribution in [3.8, 4) is 22.3 Å². The molecule has 0 spiro atoms. The molecule has 5 aromatic rings. The van der Waals surface area contributed by atoms with Crippen molar-refractivity contribution in [3.63, 3.8) is 0 Å². The molecule has 0 radical (unpaired) electrons. The molecule has 0 aliphatic carbocycles. The second-order valence-corrected chi connectivity index (χ2v) is 12.6. The van der Waals surface area contributed by atoms with Gasteiger partial charge in [-0.2, -0.15) is 5.26 Å². The third kappa shape index (κ3) is 4.05. The summed E-state index contributed by atoms with van der Waals surface area (Å²) in [6.45, 7) is 2.41. The summed E-state index contributed by atoms with van der Waals surface area (Å²) in [5.74, 6) is 0.875. The van der Waals surface area contributed by atoms with E-state index >= 15 is 0 Å². The molecular weight excluding hydrogens is 521 g/mol. The maximum atomic E-state index is 9.38. The smallest absolute Gasteiger partial charge is 0.145 e. The molecule has 4 aromatic carbocycles. The number of nitrogens with zero attached hydrogens (tertiary/aromatic N) is 1. The Kier molecular flexibility index (Phi) is 7.19. The third-order valence-corrected chi connectivity index (χ3v) is 11.3. The Morgan fingerprint density at radius 1 is 0.794 bits per heavy atom. The third-order valence-electron chi connectivity index (χ3n) is 6.15. The molecule has 1 aromatic heterocycles. The highest BCUT2D eigenvalue weighted by Gasteiger charge is 2.42. The monoisotopic (exact) mass is 543 g/mol. The van der Waals surface area contributed by atoms with Gasteiger partial charge in [-0.05, 0) is 54.6 Å². The lowest BCUT2D eigenvalue weighted by Crippen LogP contribution is -3.00. The van der Waals surface area contributed by atoms with Gasteiger partial charge in [0.15, 0.2) is 0 Å². The molecule has 0 aliphatic heterocycles. The Balaban J connectivity index is 0.00000274. The Labute approximate surface area is 215 Å². The van der Waals surface area contributed by atoms with Crippen LogP contribution >= 0.6 is 18.6 Å². The summed E-state index contributed by atoms with van der Waals surface area (Å²) in [6.07, 6.45) is 0. The first-order chi connectivity index (χ1) is 16.2. The van der Waals surface area contributed by atoms with E-state index in [0.717, 1.165) is 20.7 Å². The summed E-state index contributed by atoms with van der Waals surface area (Å²) in [7, 11) is -0.189. The average molecular weight is 544 g/mol. The zero-order valence-electron chi connectivity index (χ0n) is 18.9. The minimum absolute atomic E-state index is 0. The molecule has 0 amide bonds. The first kappa shape index (κ1) is 24.2. The molecule has 0 saturated heterocycles. The SMILES string of the molecule is COc1c(-c2ccccc2[P+](C)(c2ccccc2)c2ccccc2)sc2cc(C#N)ccc12.[Br-]. The summed E-state index contributed by atoms with van der Waals surface area (Å²) in [5, 5.41) is 14.4. The van der Waals surface area contributed by atoms with E-state index in [-0.39, 0.29) is 17.0 Å². The van der Waals surface area contributed by atoms with Crippen molar-refractivity contribution in [3.05, 3.63) is 109 Å². The predicted molar refractivity (Wildman–Crippen MR) is 143 cm³/mol. The van der Waals surface area contributed by atoms with E-state index in [0.29, 0.717) is 5.56 Å². The lowest BCUT2D eigenvalue weighted by Gasteiger charge is -2.25. The van der Waals surface area contributed by atoms with Gasteiger partial charge >= 0.3 is 0 Å². The molecule has 34 heavy (non-hydrogen) atoms. The first-order valence-electron chi connectivity index (χ1n) is 10.7. The zero-order valence-corrected chi connectivity index (χ0v) is 22.2. The van der Waals surface area contributed by atoms with Crippen LogP contribution in [0.5, 0.6) is 5.75 Å². The van der Waals surface area contributed by atoms with Crippen LogP contribution in [0.15, 0.2) is 103 Å². The summed E-state index contributed by atoms with van der Waals surface area (Å²) in [6, 6.07) is 38.4. The second-order valence-electron chi connectivity index (χ2n) is 7.98. The van der Waals surface area contributed by atoms with Crippen molar-refractivity contribution in [2.45, 2.75) is 0 Å². The summed E-state index contributed by atoms with van der Waals surface area (Å²) < 4.78 is 7.01. The van der Waals surface area contributed by atoms with E-state index in [4.69, 9.17) is 4.74 Å². The number of benzene rings is 4. The van der Waals surface area contributed by atoms with Gasteiger partial charge in [0.2, 0.25) is 0 Å². The average Bonchev–Trinajstić information content (AvgIpc) is 3.27. The van der Waals surface area contributed by atoms with E-state index in [9.17, 15) is 5.26 Å². The fourth-order valence-electron chi connectivity index (χ4n) is 4.46. The molecule has 0 fully saturated rings. The molecule has 0 unspecified atom stereocenters. The van der Waals surface area contributed by atoms with E-state index in [1.807, 2.05) is 18.2 Å². The highest BCUT2D eigenvalue weighted by Crippen LogP contribution is 2.55. The van der Waals surface area contributed by atoms with Gasteiger partial charge in [-0.1, -0.05) is 48.5 Å². The maximum absolute atomic E-state index is 9.38. The van der Waals surface area contributed by atoms with Crippen LogP contribution in [0.2, 0.25) is 0 Å². The highest BCUT2D eigenvalue weighted by molar-refractivity contribution is 7.95. The van der Waals surface area contributed by atoms with Crippen LogP contribution in [0.1, 0.15) is 5.56 Å². The number of rotatable bonds is 5. The van der Waals surface area contributed by atoms with Gasteiger partial charge in [0, 0.05) is 15.6 Å². The summed E-state index contributed by atoms with van der Waals surface area (Å²) in [5.41, 5.74) is 1.86. The Bertz CT molecular complexity index is 1440. The van der Waals surface area contributed by atoms with Gasteiger partial charge in [-0.25, -0.2) is 0 Å². The molecule has 5 heteroatoms. The van der Waals surface area contributed by atoms with Gasteiger partial charge in [0.1, 0.15) is 28.9 Å². The van der Waals surface area contributed by atoms with Crippen molar-refractivity contribution in [1.82, 2.24) is 0 Å². The number of fused-ring (bicyclic) bond motifs is 1. The molecule has 0 bridgehead atoms. The number of halogens is 1. The zero-order chi connectivity index (χ0) is 22.8. The largest absolute Gasteiger partial charge is 1.00 e. The fourth-order valence-corrected chi connectivity index (χ4v) is 9.23. The minimum atomic E-state index is -1.92. The highest BCUT2D eigenvalue weighted by atomic mass is 79.9. The fraction of sp³-hybridized carbons (Fsp3) is 0.0690. The summed E-state index contributed by atoms with van der Waals surface area (Å²) >= 11 is 1.69. The number of hydrogen-bond acceptors (Lipinski definition) is 3. The lowest BCUT2D eigenvalue weighted by molar-refractivity contribution is -0.00000675. The van der Waals surface area contributed by atoms with Crippen molar-refractivity contribution in [2.24, 2.45) is 0 Å². The topological polar surface area (TPSA) is 33.0 Å². The van der Waals surface area contributed by atoms with Crippen LogP contribution in [-0.4, -0.2) is 13.8 Å². The van der Waals surface area contributed by atoms with Crippen LogP contribution < -0.4 is 37.6 Å². The molecule has 2 nitrogen and oxygen atoms in total. The molecule has 5 rings (SSSR count). The van der Waals surface area contributed by atoms with Crippen molar-refractivity contribution in [1.29, 1.82) is 5.26 Å².